The van der Waals surface area contributed by atoms with Gasteiger partial charge < -0.3 is 15.0 Å². The van der Waals surface area contributed by atoms with Gasteiger partial charge in [0.2, 0.25) is 5.91 Å². The molecule has 0 bridgehead atoms. The highest BCUT2D eigenvalue weighted by molar-refractivity contribution is 9.10. The second kappa shape index (κ2) is 7.83. The Bertz CT molecular complexity index is 558. The smallest absolute Gasteiger partial charge is 0.408 e. The topological polar surface area (TPSA) is 58.6 Å². The summed E-state index contributed by atoms with van der Waals surface area (Å²) in [6.45, 7) is 5.58. The Labute approximate surface area is 144 Å². The molecule has 0 fully saturated rings. The summed E-state index contributed by atoms with van der Waals surface area (Å²) in [6, 6.07) is 5.38. The molecule has 1 rings (SSSR count). The first-order valence-electron chi connectivity index (χ1n) is 6.73. The minimum atomic E-state index is -0.609. The number of nitrogens with one attached hydrogen (secondary N) is 1. The van der Waals surface area contributed by atoms with Crippen LogP contribution < -0.4 is 5.32 Å². The Hall–Kier alpha value is -1.27. The third kappa shape index (κ3) is 6.66. The molecule has 22 heavy (non-hydrogen) atoms. The van der Waals surface area contributed by atoms with E-state index < -0.39 is 11.7 Å². The molecule has 1 aromatic carbocycles. The van der Waals surface area contributed by atoms with Crippen LogP contribution in [0.2, 0.25) is 5.02 Å². The Morgan fingerprint density at radius 1 is 1.36 bits per heavy atom. The second-order valence-electron chi connectivity index (χ2n) is 5.84. The van der Waals surface area contributed by atoms with Crippen LogP contribution in [-0.2, 0) is 16.1 Å². The number of hydrogen-bond donors (Lipinski definition) is 1. The summed E-state index contributed by atoms with van der Waals surface area (Å²) >= 11 is 9.29. The van der Waals surface area contributed by atoms with Gasteiger partial charge in [0, 0.05) is 23.1 Å². The molecule has 1 N–H and O–H groups in total. The number of rotatable bonds is 4. The van der Waals surface area contributed by atoms with Gasteiger partial charge >= 0.3 is 6.09 Å². The molecule has 0 aliphatic heterocycles. The minimum absolute atomic E-state index is 0.114. The Morgan fingerprint density at radius 3 is 2.55 bits per heavy atom. The lowest BCUT2D eigenvalue weighted by atomic mass is 10.2. The lowest BCUT2D eigenvalue weighted by Gasteiger charge is -2.21. The number of ether oxygens (including phenoxy) is 1. The zero-order chi connectivity index (χ0) is 16.9. The Morgan fingerprint density at radius 2 is 2.00 bits per heavy atom. The van der Waals surface area contributed by atoms with Crippen LogP contribution in [0, 0.1) is 0 Å². The molecule has 0 spiro atoms. The third-order valence-electron chi connectivity index (χ3n) is 2.63. The molecule has 0 heterocycles. The highest BCUT2D eigenvalue weighted by Crippen LogP contribution is 2.22. The Balaban J connectivity index is 2.50. The van der Waals surface area contributed by atoms with Crippen molar-refractivity contribution in [1.82, 2.24) is 10.2 Å². The summed E-state index contributed by atoms with van der Waals surface area (Å²) in [4.78, 5) is 25.0. The molecule has 0 saturated carbocycles. The van der Waals surface area contributed by atoms with Crippen molar-refractivity contribution in [3.8, 4) is 0 Å². The van der Waals surface area contributed by atoms with Gasteiger partial charge in [-0.15, -0.1) is 0 Å². The van der Waals surface area contributed by atoms with Crippen LogP contribution in [-0.4, -0.2) is 36.1 Å². The first-order chi connectivity index (χ1) is 10.1. The Kier molecular flexibility index (Phi) is 6.68. The van der Waals surface area contributed by atoms with Gasteiger partial charge in [-0.3, -0.25) is 4.79 Å². The van der Waals surface area contributed by atoms with Crippen molar-refractivity contribution in [2.45, 2.75) is 32.9 Å². The van der Waals surface area contributed by atoms with Gasteiger partial charge in [-0.2, -0.15) is 0 Å². The first-order valence-corrected chi connectivity index (χ1v) is 7.90. The van der Waals surface area contributed by atoms with Crippen molar-refractivity contribution >= 4 is 39.5 Å². The van der Waals surface area contributed by atoms with Gasteiger partial charge in [0.15, 0.2) is 0 Å². The monoisotopic (exact) mass is 390 g/mol. The van der Waals surface area contributed by atoms with Gasteiger partial charge in [0.25, 0.3) is 0 Å². The summed E-state index contributed by atoms with van der Waals surface area (Å²) < 4.78 is 5.91. The SMILES string of the molecule is CN(Cc1ccc(Cl)cc1Br)C(=O)CNC(=O)OC(C)(C)C. The summed E-state index contributed by atoms with van der Waals surface area (Å²) in [5, 5.41) is 3.07. The molecular weight excluding hydrogens is 372 g/mol. The maximum absolute atomic E-state index is 12.0. The van der Waals surface area contributed by atoms with Crippen LogP contribution >= 0.6 is 27.5 Å². The second-order valence-corrected chi connectivity index (χ2v) is 7.13. The van der Waals surface area contributed by atoms with E-state index in [-0.39, 0.29) is 12.5 Å². The molecule has 5 nitrogen and oxygen atoms in total. The van der Waals surface area contributed by atoms with E-state index in [2.05, 4.69) is 21.2 Å². The summed E-state index contributed by atoms with van der Waals surface area (Å²) in [5.41, 5.74) is 0.338. The predicted octanol–water partition coefficient (Wildman–Crippen LogP) is 3.59. The minimum Gasteiger partial charge on any atom is -0.444 e. The summed E-state index contributed by atoms with van der Waals surface area (Å²) in [5.74, 6) is -0.215. The predicted molar refractivity (Wildman–Crippen MR) is 89.9 cm³/mol. The van der Waals surface area contributed by atoms with Gasteiger partial charge in [-0.05, 0) is 38.5 Å². The van der Waals surface area contributed by atoms with Gasteiger partial charge in [0.05, 0.1) is 0 Å². The standard InChI is InChI=1S/C15H20BrClN2O3/c1-15(2,3)22-14(21)18-8-13(20)19(4)9-10-5-6-11(17)7-12(10)16/h5-7H,8-9H2,1-4H3,(H,18,21). The lowest BCUT2D eigenvalue weighted by Crippen LogP contribution is -2.40. The molecule has 0 atom stereocenters. The molecular formula is C15H20BrClN2O3. The van der Waals surface area contributed by atoms with Crippen molar-refractivity contribution < 1.29 is 14.3 Å². The molecule has 1 aromatic rings. The zero-order valence-corrected chi connectivity index (χ0v) is 15.4. The van der Waals surface area contributed by atoms with E-state index >= 15 is 0 Å². The zero-order valence-electron chi connectivity index (χ0n) is 13.1. The van der Waals surface area contributed by atoms with E-state index in [4.69, 9.17) is 16.3 Å². The first kappa shape index (κ1) is 18.8. The summed E-state index contributed by atoms with van der Waals surface area (Å²) in [6.07, 6.45) is -0.609. The fraction of sp³-hybridized carbons (Fsp3) is 0.467. The van der Waals surface area contributed by atoms with Gasteiger partial charge in [-0.1, -0.05) is 33.6 Å². The number of hydrogen-bond acceptors (Lipinski definition) is 3. The lowest BCUT2D eigenvalue weighted by molar-refractivity contribution is -0.129. The van der Waals surface area contributed by atoms with Crippen LogP contribution in [0.1, 0.15) is 26.3 Å². The average Bonchev–Trinajstić information content (AvgIpc) is 2.37. The molecule has 0 aliphatic carbocycles. The van der Waals surface area contributed by atoms with Gasteiger partial charge in [-0.25, -0.2) is 4.79 Å². The van der Waals surface area contributed by atoms with Crippen LogP contribution in [0.15, 0.2) is 22.7 Å². The van der Waals surface area contributed by atoms with E-state index in [9.17, 15) is 9.59 Å². The highest BCUT2D eigenvalue weighted by Gasteiger charge is 2.18. The number of likely N-dealkylation sites (N-methyl/N-ethyl adjacent to an activating group) is 1. The molecule has 0 radical (unpaired) electrons. The maximum Gasteiger partial charge on any atom is 0.408 e. The highest BCUT2D eigenvalue weighted by atomic mass is 79.9. The molecule has 7 heteroatoms. The van der Waals surface area contributed by atoms with Crippen molar-refractivity contribution in [2.24, 2.45) is 0 Å². The largest absolute Gasteiger partial charge is 0.444 e. The van der Waals surface area contributed by atoms with Crippen molar-refractivity contribution in [3.63, 3.8) is 0 Å². The number of carbonyl (C=O) groups excluding carboxylic acids is 2. The molecule has 2 amide bonds. The third-order valence-corrected chi connectivity index (χ3v) is 3.60. The van der Waals surface area contributed by atoms with E-state index in [0.29, 0.717) is 11.6 Å². The molecule has 0 saturated heterocycles. The number of halogens is 2. The van der Waals surface area contributed by atoms with Gasteiger partial charge in [0.1, 0.15) is 12.1 Å². The normalized spacial score (nSPS) is 11.0. The quantitative estimate of drug-likeness (QED) is 0.853. The fourth-order valence-corrected chi connectivity index (χ4v) is 2.40. The van der Waals surface area contributed by atoms with E-state index in [1.54, 1.807) is 40.0 Å². The molecule has 122 valence electrons. The number of alkyl carbamates (subject to hydrolysis) is 1. The number of nitrogens with zero attached hydrogens (tertiary/aromatic N) is 1. The van der Waals surface area contributed by atoms with Crippen LogP contribution in [0.3, 0.4) is 0 Å². The van der Waals surface area contributed by atoms with Crippen LogP contribution in [0.5, 0.6) is 0 Å². The van der Waals surface area contributed by atoms with E-state index in [1.807, 2.05) is 6.07 Å². The summed E-state index contributed by atoms with van der Waals surface area (Å²) in [7, 11) is 1.67. The average molecular weight is 392 g/mol. The van der Waals surface area contributed by atoms with E-state index in [1.165, 1.54) is 4.90 Å². The van der Waals surface area contributed by atoms with Crippen LogP contribution in [0.4, 0.5) is 4.79 Å². The van der Waals surface area contributed by atoms with E-state index in [0.717, 1.165) is 10.0 Å². The van der Waals surface area contributed by atoms with Crippen molar-refractivity contribution in [1.29, 1.82) is 0 Å². The van der Waals surface area contributed by atoms with Crippen LogP contribution in [0.25, 0.3) is 0 Å². The number of carbonyl (C=O) groups is 2. The molecule has 0 unspecified atom stereocenters. The maximum atomic E-state index is 12.0. The van der Waals surface area contributed by atoms with Crippen molar-refractivity contribution in [3.05, 3.63) is 33.3 Å². The molecule has 0 aromatic heterocycles. The number of amides is 2. The molecule has 0 aliphatic rings. The van der Waals surface area contributed by atoms with Crippen molar-refractivity contribution in [2.75, 3.05) is 13.6 Å². The number of benzene rings is 1. The fourth-order valence-electron chi connectivity index (χ4n) is 1.59.